The van der Waals surface area contributed by atoms with Crippen LogP contribution in [0.15, 0.2) is 12.3 Å². The van der Waals surface area contributed by atoms with Gasteiger partial charge in [0.1, 0.15) is 0 Å². The molecule has 0 aliphatic heterocycles. The molecule has 0 radical (unpaired) electrons. The minimum absolute atomic E-state index is 0.0678. The normalized spacial score (nSPS) is 11.1. The molecule has 0 saturated carbocycles. The fourth-order valence-corrected chi connectivity index (χ4v) is 1.21. The Morgan fingerprint density at radius 1 is 1.61 bits per heavy atom. The van der Waals surface area contributed by atoms with Crippen LogP contribution in [0.4, 0.5) is 11.5 Å². The van der Waals surface area contributed by atoms with Gasteiger partial charge in [-0.2, -0.15) is 0 Å². The van der Waals surface area contributed by atoms with E-state index in [1.165, 1.54) is 0 Å². The van der Waals surface area contributed by atoms with Gasteiger partial charge < -0.3 is 21.2 Å². The molecular formula is C11H16N4O3. The van der Waals surface area contributed by atoms with Gasteiger partial charge in [-0.1, -0.05) is 6.92 Å². The van der Waals surface area contributed by atoms with Gasteiger partial charge in [-0.3, -0.25) is 4.79 Å². The monoisotopic (exact) mass is 252 g/mol. The van der Waals surface area contributed by atoms with E-state index in [0.29, 0.717) is 0 Å². The van der Waals surface area contributed by atoms with Crippen LogP contribution in [0.3, 0.4) is 0 Å². The van der Waals surface area contributed by atoms with Gasteiger partial charge >= 0.3 is 5.82 Å². The van der Waals surface area contributed by atoms with Gasteiger partial charge in [-0.05, 0) is 30.2 Å². The molecule has 0 fully saturated rings. The zero-order valence-electron chi connectivity index (χ0n) is 10.6. The van der Waals surface area contributed by atoms with E-state index < -0.39 is 22.2 Å². The van der Waals surface area contributed by atoms with E-state index in [2.05, 4.69) is 10.3 Å². The molecule has 1 rings (SSSR count). The molecule has 7 heteroatoms. The summed E-state index contributed by atoms with van der Waals surface area (Å²) in [7, 11) is 0. The number of nitro groups is 1. The SMILES string of the molecule is CCC(C)(C)NC(=O)c1cc([N+](=O)[O-])ncc1N. The van der Waals surface area contributed by atoms with Crippen molar-refractivity contribution in [2.75, 3.05) is 5.73 Å². The summed E-state index contributed by atoms with van der Waals surface area (Å²) in [6.45, 7) is 5.64. The molecule has 0 aliphatic rings. The predicted octanol–water partition coefficient (Wildman–Crippen LogP) is 1.49. The van der Waals surface area contributed by atoms with Gasteiger partial charge in [-0.15, -0.1) is 0 Å². The number of nitrogens with two attached hydrogens (primary N) is 1. The molecule has 0 saturated heterocycles. The lowest BCUT2D eigenvalue weighted by Crippen LogP contribution is -2.43. The molecular weight excluding hydrogens is 236 g/mol. The molecule has 98 valence electrons. The van der Waals surface area contributed by atoms with Crippen LogP contribution in [0.2, 0.25) is 0 Å². The van der Waals surface area contributed by atoms with Gasteiger partial charge in [-0.25, -0.2) is 0 Å². The first-order valence-electron chi connectivity index (χ1n) is 5.49. The van der Waals surface area contributed by atoms with Crippen molar-refractivity contribution < 1.29 is 9.72 Å². The Labute approximate surface area is 105 Å². The summed E-state index contributed by atoms with van der Waals surface area (Å²) >= 11 is 0. The number of anilines is 1. The summed E-state index contributed by atoms with van der Waals surface area (Å²) in [5.41, 5.74) is 5.39. The van der Waals surface area contributed by atoms with Gasteiger partial charge in [0.25, 0.3) is 5.91 Å². The highest BCUT2D eigenvalue weighted by atomic mass is 16.6. The van der Waals surface area contributed by atoms with Crippen molar-refractivity contribution in [1.29, 1.82) is 0 Å². The third kappa shape index (κ3) is 3.16. The van der Waals surface area contributed by atoms with Crippen molar-refractivity contribution in [2.45, 2.75) is 32.7 Å². The zero-order valence-corrected chi connectivity index (χ0v) is 10.6. The van der Waals surface area contributed by atoms with Crippen LogP contribution >= 0.6 is 0 Å². The summed E-state index contributed by atoms with van der Waals surface area (Å²) in [4.78, 5) is 25.4. The number of amides is 1. The lowest BCUT2D eigenvalue weighted by atomic mass is 10.0. The first-order chi connectivity index (χ1) is 8.26. The van der Waals surface area contributed by atoms with Crippen molar-refractivity contribution in [1.82, 2.24) is 10.3 Å². The van der Waals surface area contributed by atoms with Crippen LogP contribution in [0.1, 0.15) is 37.6 Å². The van der Waals surface area contributed by atoms with Crippen LogP contribution in [0, 0.1) is 10.1 Å². The van der Waals surface area contributed by atoms with Crippen molar-refractivity contribution in [2.24, 2.45) is 0 Å². The molecule has 1 amide bonds. The molecule has 0 spiro atoms. The molecule has 0 bridgehead atoms. The van der Waals surface area contributed by atoms with Crippen LogP contribution in [0.5, 0.6) is 0 Å². The topological polar surface area (TPSA) is 111 Å². The number of nitrogens with one attached hydrogen (secondary N) is 1. The molecule has 1 heterocycles. The van der Waals surface area contributed by atoms with E-state index in [0.717, 1.165) is 18.7 Å². The number of rotatable bonds is 4. The lowest BCUT2D eigenvalue weighted by molar-refractivity contribution is -0.389. The largest absolute Gasteiger partial charge is 0.395 e. The van der Waals surface area contributed by atoms with Crippen LogP contribution in [-0.4, -0.2) is 21.4 Å². The Kier molecular flexibility index (Phi) is 3.85. The molecule has 0 atom stereocenters. The summed E-state index contributed by atoms with van der Waals surface area (Å²) in [5.74, 6) is -0.839. The number of hydrogen-bond acceptors (Lipinski definition) is 5. The van der Waals surface area contributed by atoms with Crippen molar-refractivity contribution >= 4 is 17.4 Å². The number of carbonyl (C=O) groups excluding carboxylic acids is 1. The van der Waals surface area contributed by atoms with Crippen LogP contribution in [-0.2, 0) is 0 Å². The average Bonchev–Trinajstić information content (AvgIpc) is 2.28. The standard InChI is InChI=1S/C11H16N4O3/c1-4-11(2,3)14-10(16)7-5-9(15(17)18)13-6-8(7)12/h5-6H,4,12H2,1-3H3,(H,14,16). The van der Waals surface area contributed by atoms with Gasteiger partial charge in [0, 0.05) is 5.54 Å². The van der Waals surface area contributed by atoms with E-state index in [-0.39, 0.29) is 11.3 Å². The second kappa shape index (κ2) is 4.99. The molecule has 18 heavy (non-hydrogen) atoms. The zero-order chi connectivity index (χ0) is 13.9. The van der Waals surface area contributed by atoms with Crippen LogP contribution in [0.25, 0.3) is 0 Å². The summed E-state index contributed by atoms with van der Waals surface area (Å²) in [5, 5.41) is 13.4. The number of nitrogens with zero attached hydrogens (tertiary/aromatic N) is 2. The minimum Gasteiger partial charge on any atom is -0.395 e. The number of pyridine rings is 1. The predicted molar refractivity (Wildman–Crippen MR) is 67.1 cm³/mol. The highest BCUT2D eigenvalue weighted by molar-refractivity contribution is 5.99. The van der Waals surface area contributed by atoms with Gasteiger partial charge in [0.05, 0.1) is 17.3 Å². The van der Waals surface area contributed by atoms with E-state index in [4.69, 9.17) is 5.73 Å². The Bertz CT molecular complexity index is 485. The Balaban J connectivity index is 3.05. The average molecular weight is 252 g/mol. The second-order valence-electron chi connectivity index (χ2n) is 4.58. The highest BCUT2D eigenvalue weighted by Gasteiger charge is 2.22. The third-order valence-electron chi connectivity index (χ3n) is 2.69. The van der Waals surface area contributed by atoms with E-state index in [9.17, 15) is 14.9 Å². The van der Waals surface area contributed by atoms with E-state index in [1.54, 1.807) is 0 Å². The van der Waals surface area contributed by atoms with Gasteiger partial charge in [0.2, 0.25) is 0 Å². The smallest absolute Gasteiger partial charge is 0.364 e. The lowest BCUT2D eigenvalue weighted by Gasteiger charge is -2.24. The fourth-order valence-electron chi connectivity index (χ4n) is 1.21. The summed E-state index contributed by atoms with van der Waals surface area (Å²) < 4.78 is 0. The Morgan fingerprint density at radius 3 is 2.72 bits per heavy atom. The first kappa shape index (κ1) is 13.9. The van der Waals surface area contributed by atoms with Crippen molar-refractivity contribution in [3.63, 3.8) is 0 Å². The molecule has 0 aliphatic carbocycles. The van der Waals surface area contributed by atoms with E-state index in [1.807, 2.05) is 20.8 Å². The maximum Gasteiger partial charge on any atom is 0.364 e. The van der Waals surface area contributed by atoms with Gasteiger partial charge in [0.15, 0.2) is 6.20 Å². The highest BCUT2D eigenvalue weighted by Crippen LogP contribution is 2.18. The molecule has 0 unspecified atom stereocenters. The van der Waals surface area contributed by atoms with E-state index >= 15 is 0 Å². The quantitative estimate of drug-likeness (QED) is 0.622. The number of carbonyl (C=O) groups is 1. The molecule has 0 aromatic carbocycles. The number of hydrogen-bond donors (Lipinski definition) is 2. The number of aromatic nitrogens is 1. The second-order valence-corrected chi connectivity index (χ2v) is 4.58. The van der Waals surface area contributed by atoms with Crippen molar-refractivity contribution in [3.8, 4) is 0 Å². The molecule has 3 N–H and O–H groups in total. The summed E-state index contributed by atoms with van der Waals surface area (Å²) in [6, 6.07) is 1.08. The third-order valence-corrected chi connectivity index (χ3v) is 2.69. The fraction of sp³-hybridized carbons (Fsp3) is 0.455. The molecule has 7 nitrogen and oxygen atoms in total. The maximum atomic E-state index is 12.0. The maximum absolute atomic E-state index is 12.0. The van der Waals surface area contributed by atoms with Crippen LogP contribution < -0.4 is 11.1 Å². The minimum atomic E-state index is -0.665. The number of nitrogen functional groups attached to an aromatic ring is 1. The van der Waals surface area contributed by atoms with Crippen molar-refractivity contribution in [3.05, 3.63) is 27.9 Å². The summed E-state index contributed by atoms with van der Waals surface area (Å²) in [6.07, 6.45) is 1.85. The Morgan fingerprint density at radius 2 is 2.22 bits per heavy atom. The Hall–Kier alpha value is -2.18. The molecule has 1 aromatic rings. The first-order valence-corrected chi connectivity index (χ1v) is 5.49. The molecule has 1 aromatic heterocycles.